The molecule has 0 aliphatic heterocycles. The minimum absolute atomic E-state index is 0.106. The topological polar surface area (TPSA) is 61.4 Å². The van der Waals surface area contributed by atoms with E-state index in [9.17, 15) is 9.90 Å². The molecule has 2 rings (SSSR count). The van der Waals surface area contributed by atoms with Gasteiger partial charge in [-0.2, -0.15) is 0 Å². The third-order valence-electron chi connectivity index (χ3n) is 4.65. The van der Waals surface area contributed by atoms with E-state index in [2.05, 4.69) is 17.6 Å². The smallest absolute Gasteiger partial charge is 0.224 e. The Balaban J connectivity index is 1.83. The Labute approximate surface area is 133 Å². The number of carbonyl (C=O) groups excluding carboxylic acids is 1. The first-order valence-electron chi connectivity index (χ1n) is 8.35. The van der Waals surface area contributed by atoms with E-state index in [0.29, 0.717) is 17.8 Å². The molecule has 0 radical (unpaired) electrons. The van der Waals surface area contributed by atoms with Crippen LogP contribution < -0.4 is 10.6 Å². The second kappa shape index (κ2) is 8.18. The van der Waals surface area contributed by atoms with Crippen LogP contribution >= 0.6 is 0 Å². The predicted octanol–water partition coefficient (Wildman–Crippen LogP) is 2.61. The van der Waals surface area contributed by atoms with E-state index in [1.165, 1.54) is 12.0 Å². The Bertz CT molecular complexity index is 472. The van der Waals surface area contributed by atoms with E-state index in [1.807, 2.05) is 12.1 Å². The zero-order chi connectivity index (χ0) is 15.9. The zero-order valence-corrected chi connectivity index (χ0v) is 13.6. The summed E-state index contributed by atoms with van der Waals surface area (Å²) < 4.78 is 0. The lowest BCUT2D eigenvalue weighted by atomic mass is 9.83. The van der Waals surface area contributed by atoms with Crippen molar-refractivity contribution in [3.8, 4) is 5.75 Å². The molecule has 0 aromatic heterocycles. The van der Waals surface area contributed by atoms with Crippen LogP contribution in [-0.4, -0.2) is 30.1 Å². The normalized spacial score (nSPS) is 23.0. The van der Waals surface area contributed by atoms with Crippen molar-refractivity contribution in [1.29, 1.82) is 0 Å². The first kappa shape index (κ1) is 16.8. The lowest BCUT2D eigenvalue weighted by Crippen LogP contribution is -2.48. The number of hydrogen-bond acceptors (Lipinski definition) is 3. The maximum Gasteiger partial charge on any atom is 0.224 e. The van der Waals surface area contributed by atoms with E-state index in [-0.39, 0.29) is 11.8 Å². The Morgan fingerprint density at radius 1 is 1.27 bits per heavy atom. The number of rotatable bonds is 6. The van der Waals surface area contributed by atoms with E-state index in [1.54, 1.807) is 19.2 Å². The average molecular weight is 304 g/mol. The summed E-state index contributed by atoms with van der Waals surface area (Å²) in [6.07, 6.45) is 6.44. The van der Waals surface area contributed by atoms with E-state index in [0.717, 1.165) is 32.1 Å². The molecule has 0 unspecified atom stereocenters. The van der Waals surface area contributed by atoms with Crippen LogP contribution in [0.1, 0.15) is 44.6 Å². The largest absolute Gasteiger partial charge is 0.508 e. The number of benzene rings is 1. The van der Waals surface area contributed by atoms with E-state index in [4.69, 9.17) is 0 Å². The molecule has 1 aromatic carbocycles. The summed E-state index contributed by atoms with van der Waals surface area (Å²) in [5.74, 6) is 0.586. The molecule has 0 saturated heterocycles. The molecule has 1 amide bonds. The molecule has 1 aliphatic rings. The van der Waals surface area contributed by atoms with Crippen molar-refractivity contribution in [2.45, 2.75) is 57.5 Å². The first-order chi connectivity index (χ1) is 10.6. The molecule has 0 heterocycles. The van der Waals surface area contributed by atoms with Crippen LogP contribution in [0, 0.1) is 5.92 Å². The fourth-order valence-corrected chi connectivity index (χ4v) is 3.32. The van der Waals surface area contributed by atoms with Crippen molar-refractivity contribution in [2.75, 3.05) is 7.05 Å². The maximum absolute atomic E-state index is 12.0. The van der Waals surface area contributed by atoms with Crippen LogP contribution in [0.5, 0.6) is 5.75 Å². The molecule has 22 heavy (non-hydrogen) atoms. The van der Waals surface area contributed by atoms with Gasteiger partial charge in [-0.3, -0.25) is 4.79 Å². The Morgan fingerprint density at radius 3 is 2.64 bits per heavy atom. The summed E-state index contributed by atoms with van der Waals surface area (Å²) in [6.45, 7) is 2.19. The summed E-state index contributed by atoms with van der Waals surface area (Å²) in [4.78, 5) is 12.0. The molecule has 3 N–H and O–H groups in total. The van der Waals surface area contributed by atoms with E-state index >= 15 is 0 Å². The minimum Gasteiger partial charge on any atom is -0.508 e. The number of hydrogen-bond donors (Lipinski definition) is 3. The zero-order valence-electron chi connectivity index (χ0n) is 13.6. The maximum atomic E-state index is 12.0. The van der Waals surface area contributed by atoms with Gasteiger partial charge in [-0.1, -0.05) is 25.0 Å². The van der Waals surface area contributed by atoms with Gasteiger partial charge in [0, 0.05) is 19.1 Å². The monoisotopic (exact) mass is 304 g/mol. The van der Waals surface area contributed by atoms with Gasteiger partial charge in [-0.15, -0.1) is 0 Å². The highest BCUT2D eigenvalue weighted by Crippen LogP contribution is 2.25. The molecule has 0 spiro atoms. The lowest BCUT2D eigenvalue weighted by molar-refractivity contribution is -0.126. The summed E-state index contributed by atoms with van der Waals surface area (Å²) in [5, 5.41) is 15.8. The van der Waals surface area contributed by atoms with Crippen molar-refractivity contribution >= 4 is 5.91 Å². The molecular weight excluding hydrogens is 276 g/mol. The van der Waals surface area contributed by atoms with Crippen LogP contribution in [-0.2, 0) is 11.2 Å². The fraction of sp³-hybridized carbons (Fsp3) is 0.611. The lowest BCUT2D eigenvalue weighted by Gasteiger charge is -2.33. The molecule has 0 bridgehead atoms. The molecule has 1 fully saturated rings. The van der Waals surface area contributed by atoms with Crippen LogP contribution in [0.25, 0.3) is 0 Å². The predicted molar refractivity (Wildman–Crippen MR) is 88.8 cm³/mol. The highest BCUT2D eigenvalue weighted by molar-refractivity contribution is 5.79. The van der Waals surface area contributed by atoms with Crippen LogP contribution in [0.15, 0.2) is 24.3 Å². The molecular formula is C18H28N2O2. The van der Waals surface area contributed by atoms with Crippen molar-refractivity contribution in [2.24, 2.45) is 5.92 Å². The van der Waals surface area contributed by atoms with Gasteiger partial charge in [0.25, 0.3) is 0 Å². The van der Waals surface area contributed by atoms with Gasteiger partial charge in [-0.05, 0) is 50.3 Å². The molecule has 122 valence electrons. The number of carbonyl (C=O) groups is 1. The fourth-order valence-electron chi connectivity index (χ4n) is 3.32. The summed E-state index contributed by atoms with van der Waals surface area (Å²) >= 11 is 0. The number of phenols is 1. The average Bonchev–Trinajstić information content (AvgIpc) is 2.54. The SMILES string of the molecule is CNC(=O)[C@@H]1CCCC[C@H]1N[C@H](C)CCc1ccc(O)cc1. The molecule has 1 saturated carbocycles. The van der Waals surface area contributed by atoms with Gasteiger partial charge in [-0.25, -0.2) is 0 Å². The third-order valence-corrected chi connectivity index (χ3v) is 4.65. The van der Waals surface area contributed by atoms with Gasteiger partial charge >= 0.3 is 0 Å². The van der Waals surface area contributed by atoms with Gasteiger partial charge in [0.2, 0.25) is 5.91 Å². The number of aromatic hydroxyl groups is 1. The van der Waals surface area contributed by atoms with Gasteiger partial charge in [0.1, 0.15) is 5.75 Å². The highest BCUT2D eigenvalue weighted by atomic mass is 16.3. The quantitative estimate of drug-likeness (QED) is 0.757. The van der Waals surface area contributed by atoms with E-state index < -0.39 is 0 Å². The molecule has 1 aromatic rings. The Hall–Kier alpha value is -1.55. The second-order valence-corrected chi connectivity index (χ2v) is 6.38. The highest BCUT2D eigenvalue weighted by Gasteiger charge is 2.30. The Kier molecular flexibility index (Phi) is 6.25. The molecule has 4 heteroatoms. The summed E-state index contributed by atoms with van der Waals surface area (Å²) in [5.41, 5.74) is 1.23. The molecule has 3 atom stereocenters. The van der Waals surface area contributed by atoms with Crippen molar-refractivity contribution in [1.82, 2.24) is 10.6 Å². The number of nitrogens with one attached hydrogen (secondary N) is 2. The summed E-state index contributed by atoms with van der Waals surface area (Å²) in [7, 11) is 1.72. The van der Waals surface area contributed by atoms with Gasteiger partial charge in [0.15, 0.2) is 0 Å². The number of aryl methyl sites for hydroxylation is 1. The van der Waals surface area contributed by atoms with Crippen LogP contribution in [0.2, 0.25) is 0 Å². The standard InChI is InChI=1S/C18H28N2O2/c1-13(7-8-14-9-11-15(21)12-10-14)20-17-6-4-3-5-16(17)18(22)19-2/h9-13,16-17,20-21H,3-8H2,1-2H3,(H,19,22)/t13-,16-,17-/m1/s1. The third kappa shape index (κ3) is 4.73. The summed E-state index contributed by atoms with van der Waals surface area (Å²) in [6, 6.07) is 8.07. The van der Waals surface area contributed by atoms with Crippen molar-refractivity contribution in [3.05, 3.63) is 29.8 Å². The molecule has 4 nitrogen and oxygen atoms in total. The van der Waals surface area contributed by atoms with Crippen LogP contribution in [0.3, 0.4) is 0 Å². The molecule has 1 aliphatic carbocycles. The second-order valence-electron chi connectivity index (χ2n) is 6.38. The Morgan fingerprint density at radius 2 is 1.95 bits per heavy atom. The van der Waals surface area contributed by atoms with Gasteiger partial charge in [0.05, 0.1) is 5.92 Å². The first-order valence-corrected chi connectivity index (χ1v) is 8.35. The van der Waals surface area contributed by atoms with Crippen molar-refractivity contribution < 1.29 is 9.90 Å². The number of phenolic OH excluding ortho intramolecular Hbond substituents is 1. The van der Waals surface area contributed by atoms with Gasteiger partial charge < -0.3 is 15.7 Å². The van der Waals surface area contributed by atoms with Crippen molar-refractivity contribution in [3.63, 3.8) is 0 Å². The number of amides is 1. The minimum atomic E-state index is 0.106. The van der Waals surface area contributed by atoms with Crippen LogP contribution in [0.4, 0.5) is 0 Å².